The van der Waals surface area contributed by atoms with Crippen LogP contribution >= 0.6 is 0 Å². The summed E-state index contributed by atoms with van der Waals surface area (Å²) in [4.78, 5) is 4.49. The van der Waals surface area contributed by atoms with E-state index in [-0.39, 0.29) is 17.8 Å². The summed E-state index contributed by atoms with van der Waals surface area (Å²) < 4.78 is 27.6. The van der Waals surface area contributed by atoms with Crippen molar-refractivity contribution < 1.29 is 8.78 Å². The smallest absolute Gasteiger partial charge is 0.128 e. The standard InChI is InChI=1S/C17H18F2N2/c1-20-17(14-10-12(18)7-8-15(14)19)13-6-2-4-11-5-3-9-21-16(11)13/h3,5,7-10,13,17,20H,2,4,6H2,1H3. The minimum Gasteiger partial charge on any atom is -0.312 e. The topological polar surface area (TPSA) is 24.9 Å². The van der Waals surface area contributed by atoms with Gasteiger partial charge in [-0.15, -0.1) is 0 Å². The molecular weight excluding hydrogens is 270 g/mol. The molecule has 0 saturated carbocycles. The van der Waals surface area contributed by atoms with Crippen LogP contribution in [0.4, 0.5) is 8.78 Å². The Kier molecular flexibility index (Phi) is 3.97. The van der Waals surface area contributed by atoms with Gasteiger partial charge in [-0.1, -0.05) is 6.07 Å². The lowest BCUT2D eigenvalue weighted by Gasteiger charge is -2.31. The van der Waals surface area contributed by atoms with E-state index in [9.17, 15) is 8.78 Å². The number of benzene rings is 1. The zero-order chi connectivity index (χ0) is 14.8. The first-order valence-electron chi connectivity index (χ1n) is 7.26. The van der Waals surface area contributed by atoms with Gasteiger partial charge in [0.05, 0.1) is 0 Å². The van der Waals surface area contributed by atoms with Gasteiger partial charge < -0.3 is 5.32 Å². The summed E-state index contributed by atoms with van der Waals surface area (Å²) in [6.45, 7) is 0. The number of aromatic nitrogens is 1. The van der Waals surface area contributed by atoms with Gasteiger partial charge in [-0.3, -0.25) is 4.98 Å². The van der Waals surface area contributed by atoms with Crippen molar-refractivity contribution in [2.24, 2.45) is 0 Å². The Labute approximate surface area is 123 Å². The largest absolute Gasteiger partial charge is 0.312 e. The number of halogens is 2. The molecule has 0 aliphatic heterocycles. The molecule has 1 aromatic carbocycles. The Bertz CT molecular complexity index is 642. The number of likely N-dealkylation sites (N-methyl/N-ethyl adjacent to an activating group) is 1. The van der Waals surface area contributed by atoms with Gasteiger partial charge in [-0.2, -0.15) is 0 Å². The van der Waals surface area contributed by atoms with Gasteiger partial charge in [0, 0.05) is 29.4 Å². The average Bonchev–Trinajstić information content (AvgIpc) is 2.51. The van der Waals surface area contributed by atoms with Crippen molar-refractivity contribution in [3.05, 3.63) is 65.0 Å². The van der Waals surface area contributed by atoms with Crippen molar-refractivity contribution in [3.63, 3.8) is 0 Å². The zero-order valence-electron chi connectivity index (χ0n) is 11.9. The summed E-state index contributed by atoms with van der Waals surface area (Å²) in [5, 5.41) is 3.15. The van der Waals surface area contributed by atoms with Gasteiger partial charge in [-0.25, -0.2) is 8.78 Å². The maximum Gasteiger partial charge on any atom is 0.128 e. The molecule has 1 aliphatic carbocycles. The fourth-order valence-electron chi connectivity index (χ4n) is 3.30. The van der Waals surface area contributed by atoms with Crippen molar-refractivity contribution >= 4 is 0 Å². The summed E-state index contributed by atoms with van der Waals surface area (Å²) in [6, 6.07) is 7.36. The number of fused-ring (bicyclic) bond motifs is 1. The lowest BCUT2D eigenvalue weighted by molar-refractivity contribution is 0.401. The van der Waals surface area contributed by atoms with Gasteiger partial charge in [0.15, 0.2) is 0 Å². The van der Waals surface area contributed by atoms with Crippen LogP contribution in [0.3, 0.4) is 0 Å². The van der Waals surface area contributed by atoms with Crippen LogP contribution < -0.4 is 5.32 Å². The lowest BCUT2D eigenvalue weighted by atomic mass is 9.79. The summed E-state index contributed by atoms with van der Waals surface area (Å²) in [6.07, 6.45) is 4.73. The van der Waals surface area contributed by atoms with Gasteiger partial charge in [0.25, 0.3) is 0 Å². The number of nitrogens with zero attached hydrogens (tertiary/aromatic N) is 1. The van der Waals surface area contributed by atoms with Crippen molar-refractivity contribution in [2.75, 3.05) is 7.05 Å². The number of aryl methyl sites for hydroxylation is 1. The molecule has 2 aromatic rings. The van der Waals surface area contributed by atoms with Gasteiger partial charge in [-0.05, 0) is 56.1 Å². The fourth-order valence-corrected chi connectivity index (χ4v) is 3.30. The first kappa shape index (κ1) is 14.1. The second-order valence-electron chi connectivity index (χ2n) is 5.48. The van der Waals surface area contributed by atoms with Gasteiger partial charge in [0.2, 0.25) is 0 Å². The van der Waals surface area contributed by atoms with Crippen LogP contribution in [0, 0.1) is 11.6 Å². The third kappa shape index (κ3) is 2.68. The number of hydrogen-bond donors (Lipinski definition) is 1. The van der Waals surface area contributed by atoms with E-state index in [0.717, 1.165) is 31.0 Å². The molecule has 0 bridgehead atoms. The number of pyridine rings is 1. The molecule has 2 atom stereocenters. The highest BCUT2D eigenvalue weighted by Gasteiger charge is 2.30. The highest BCUT2D eigenvalue weighted by Crippen LogP contribution is 2.39. The van der Waals surface area contributed by atoms with Crippen LogP contribution in [-0.2, 0) is 6.42 Å². The summed E-state index contributed by atoms with van der Waals surface area (Å²) in [7, 11) is 1.78. The second kappa shape index (κ2) is 5.90. The minimum absolute atomic E-state index is 0.0660. The molecule has 0 radical (unpaired) electrons. The molecule has 1 N–H and O–H groups in total. The van der Waals surface area contributed by atoms with Crippen LogP contribution in [0.5, 0.6) is 0 Å². The number of nitrogens with one attached hydrogen (secondary N) is 1. The Balaban J connectivity index is 2.03. The van der Waals surface area contributed by atoms with E-state index in [2.05, 4.69) is 16.4 Å². The third-order valence-corrected chi connectivity index (χ3v) is 4.25. The molecule has 2 nitrogen and oxygen atoms in total. The van der Waals surface area contributed by atoms with Gasteiger partial charge in [0.1, 0.15) is 11.6 Å². The predicted octanol–water partition coefficient (Wildman–Crippen LogP) is 3.74. The summed E-state index contributed by atoms with van der Waals surface area (Å²) in [5.74, 6) is -0.723. The fraction of sp³-hybridized carbons (Fsp3) is 0.353. The van der Waals surface area contributed by atoms with E-state index >= 15 is 0 Å². The number of rotatable bonds is 3. The van der Waals surface area contributed by atoms with E-state index in [1.54, 1.807) is 13.2 Å². The molecule has 1 aromatic heterocycles. The van der Waals surface area contributed by atoms with Crippen molar-refractivity contribution in [1.29, 1.82) is 0 Å². The maximum atomic E-state index is 14.1. The van der Waals surface area contributed by atoms with Crippen LogP contribution in [0.1, 0.15) is 41.6 Å². The average molecular weight is 288 g/mol. The molecule has 0 saturated heterocycles. The second-order valence-corrected chi connectivity index (χ2v) is 5.48. The molecule has 21 heavy (non-hydrogen) atoms. The number of hydrogen-bond acceptors (Lipinski definition) is 2. The maximum absolute atomic E-state index is 14.1. The van der Waals surface area contributed by atoms with Crippen LogP contribution in [-0.4, -0.2) is 12.0 Å². The first-order chi connectivity index (χ1) is 10.2. The van der Waals surface area contributed by atoms with E-state index in [0.29, 0.717) is 5.56 Å². The Hall–Kier alpha value is -1.81. The molecule has 2 unspecified atom stereocenters. The third-order valence-electron chi connectivity index (χ3n) is 4.25. The quantitative estimate of drug-likeness (QED) is 0.930. The van der Waals surface area contributed by atoms with Crippen LogP contribution in [0.25, 0.3) is 0 Å². The van der Waals surface area contributed by atoms with Crippen LogP contribution in [0.15, 0.2) is 36.5 Å². The van der Waals surface area contributed by atoms with Crippen molar-refractivity contribution in [3.8, 4) is 0 Å². The molecule has 4 heteroatoms. The Morgan fingerprint density at radius 1 is 1.29 bits per heavy atom. The summed E-state index contributed by atoms with van der Waals surface area (Å²) in [5.41, 5.74) is 2.60. The molecule has 0 spiro atoms. The SMILES string of the molecule is CNC(c1cc(F)ccc1F)C1CCCc2cccnc21. The molecular formula is C17H18F2N2. The lowest BCUT2D eigenvalue weighted by Crippen LogP contribution is -2.28. The molecule has 0 fully saturated rings. The van der Waals surface area contributed by atoms with E-state index in [4.69, 9.17) is 0 Å². The molecule has 3 rings (SSSR count). The first-order valence-corrected chi connectivity index (χ1v) is 7.26. The molecule has 1 aliphatic rings. The summed E-state index contributed by atoms with van der Waals surface area (Å²) >= 11 is 0. The molecule has 1 heterocycles. The molecule has 110 valence electrons. The van der Waals surface area contributed by atoms with Crippen molar-refractivity contribution in [1.82, 2.24) is 10.3 Å². The predicted molar refractivity (Wildman–Crippen MR) is 78.1 cm³/mol. The van der Waals surface area contributed by atoms with E-state index in [1.165, 1.54) is 17.7 Å². The normalized spacial score (nSPS) is 19.1. The Morgan fingerprint density at radius 2 is 2.14 bits per heavy atom. The zero-order valence-corrected chi connectivity index (χ0v) is 11.9. The highest BCUT2D eigenvalue weighted by molar-refractivity contribution is 5.32. The minimum atomic E-state index is -0.413. The van der Waals surface area contributed by atoms with E-state index in [1.807, 2.05) is 6.07 Å². The van der Waals surface area contributed by atoms with Gasteiger partial charge >= 0.3 is 0 Å². The highest BCUT2D eigenvalue weighted by atomic mass is 19.1. The van der Waals surface area contributed by atoms with Crippen molar-refractivity contribution in [2.45, 2.75) is 31.2 Å². The molecule has 0 amide bonds. The van der Waals surface area contributed by atoms with Crippen LogP contribution in [0.2, 0.25) is 0 Å². The van der Waals surface area contributed by atoms with E-state index < -0.39 is 5.82 Å². The Morgan fingerprint density at radius 3 is 2.95 bits per heavy atom. The monoisotopic (exact) mass is 288 g/mol.